The average Bonchev–Trinajstić information content (AvgIpc) is 2.96. The number of nitrogens with zero attached hydrogens (tertiary/aromatic N) is 1. The first kappa shape index (κ1) is 10.0. The van der Waals surface area contributed by atoms with Gasteiger partial charge in [0.25, 0.3) is 0 Å². The van der Waals surface area contributed by atoms with Crippen molar-refractivity contribution in [3.05, 3.63) is 24.0 Å². The van der Waals surface area contributed by atoms with Gasteiger partial charge in [-0.2, -0.15) is 0 Å². The standard InChI is InChI=1S/C9H11NO.C2H6/c1-7-2-3-9(6-10-7)11-8-4-5-8;1-2/h2-3,6,8H,4-5H2,1H3;1-2H3. The fraction of sp³-hybridized carbons (Fsp3) is 0.545. The maximum absolute atomic E-state index is 5.52. The molecule has 1 aromatic rings. The fourth-order valence-corrected chi connectivity index (χ4v) is 0.902. The van der Waals surface area contributed by atoms with E-state index in [1.807, 2.05) is 32.9 Å². The second-order valence-corrected chi connectivity index (χ2v) is 2.95. The van der Waals surface area contributed by atoms with E-state index in [0.29, 0.717) is 6.10 Å². The van der Waals surface area contributed by atoms with Crippen LogP contribution in [0.4, 0.5) is 0 Å². The molecule has 0 amide bonds. The minimum absolute atomic E-state index is 0.472. The summed E-state index contributed by atoms with van der Waals surface area (Å²) < 4.78 is 5.52. The number of hydrogen-bond donors (Lipinski definition) is 0. The number of aromatic nitrogens is 1. The highest BCUT2D eigenvalue weighted by molar-refractivity contribution is 5.19. The first-order valence-corrected chi connectivity index (χ1v) is 4.94. The van der Waals surface area contributed by atoms with Gasteiger partial charge in [-0.05, 0) is 31.9 Å². The highest BCUT2D eigenvalue weighted by Gasteiger charge is 2.23. The van der Waals surface area contributed by atoms with Gasteiger partial charge in [0.15, 0.2) is 0 Å². The number of rotatable bonds is 2. The van der Waals surface area contributed by atoms with Gasteiger partial charge >= 0.3 is 0 Å². The monoisotopic (exact) mass is 179 g/mol. The molecule has 0 aliphatic heterocycles. The predicted molar refractivity (Wildman–Crippen MR) is 54.0 cm³/mol. The van der Waals surface area contributed by atoms with E-state index < -0.39 is 0 Å². The van der Waals surface area contributed by atoms with E-state index in [4.69, 9.17) is 4.74 Å². The van der Waals surface area contributed by atoms with E-state index in [0.717, 1.165) is 11.4 Å². The third-order valence-corrected chi connectivity index (χ3v) is 1.71. The Kier molecular flexibility index (Phi) is 3.74. The van der Waals surface area contributed by atoms with Crippen molar-refractivity contribution < 1.29 is 4.74 Å². The molecule has 1 saturated carbocycles. The van der Waals surface area contributed by atoms with Crippen molar-refractivity contribution in [2.75, 3.05) is 0 Å². The smallest absolute Gasteiger partial charge is 0.138 e. The number of aryl methyl sites for hydroxylation is 1. The molecule has 0 unspecified atom stereocenters. The van der Waals surface area contributed by atoms with Crippen LogP contribution >= 0.6 is 0 Å². The van der Waals surface area contributed by atoms with Gasteiger partial charge in [-0.25, -0.2) is 0 Å². The van der Waals surface area contributed by atoms with Crippen LogP contribution in [-0.2, 0) is 0 Å². The van der Waals surface area contributed by atoms with Gasteiger partial charge < -0.3 is 4.74 Å². The lowest BCUT2D eigenvalue weighted by molar-refractivity contribution is 0.302. The van der Waals surface area contributed by atoms with Crippen LogP contribution < -0.4 is 4.74 Å². The molecule has 0 saturated heterocycles. The van der Waals surface area contributed by atoms with Gasteiger partial charge in [-0.15, -0.1) is 0 Å². The molecule has 1 heterocycles. The van der Waals surface area contributed by atoms with Crippen LogP contribution in [0.1, 0.15) is 32.4 Å². The molecule has 0 radical (unpaired) electrons. The zero-order chi connectivity index (χ0) is 9.68. The van der Waals surface area contributed by atoms with Crippen LogP contribution in [0.5, 0.6) is 5.75 Å². The van der Waals surface area contributed by atoms with Gasteiger partial charge in [0.1, 0.15) is 5.75 Å². The molecule has 0 aromatic carbocycles. The summed E-state index contributed by atoms with van der Waals surface area (Å²) in [6.07, 6.45) is 4.66. The van der Waals surface area contributed by atoms with Crippen molar-refractivity contribution in [2.24, 2.45) is 0 Å². The average molecular weight is 179 g/mol. The summed E-state index contributed by atoms with van der Waals surface area (Å²) in [6, 6.07) is 3.94. The van der Waals surface area contributed by atoms with Crippen LogP contribution in [0.25, 0.3) is 0 Å². The number of hydrogen-bond acceptors (Lipinski definition) is 2. The lowest BCUT2D eigenvalue weighted by Gasteiger charge is -2.02. The summed E-state index contributed by atoms with van der Waals surface area (Å²) in [6.45, 7) is 5.97. The van der Waals surface area contributed by atoms with Crippen LogP contribution in [0.15, 0.2) is 18.3 Å². The quantitative estimate of drug-likeness (QED) is 0.696. The zero-order valence-corrected chi connectivity index (χ0v) is 8.58. The van der Waals surface area contributed by atoms with Crippen LogP contribution in [-0.4, -0.2) is 11.1 Å². The second-order valence-electron chi connectivity index (χ2n) is 2.95. The lowest BCUT2D eigenvalue weighted by Crippen LogP contribution is -1.96. The Hall–Kier alpha value is -1.05. The third-order valence-electron chi connectivity index (χ3n) is 1.71. The Morgan fingerprint density at radius 3 is 2.46 bits per heavy atom. The highest BCUT2D eigenvalue weighted by atomic mass is 16.5. The Labute approximate surface area is 80.0 Å². The number of ether oxygens (including phenoxy) is 1. The first-order valence-electron chi connectivity index (χ1n) is 4.94. The molecular weight excluding hydrogens is 162 g/mol. The highest BCUT2D eigenvalue weighted by Crippen LogP contribution is 2.25. The molecule has 1 aliphatic carbocycles. The normalized spacial score (nSPS) is 14.4. The van der Waals surface area contributed by atoms with Crippen LogP contribution in [0, 0.1) is 6.92 Å². The van der Waals surface area contributed by atoms with Crippen molar-refractivity contribution in [3.63, 3.8) is 0 Å². The predicted octanol–water partition coefficient (Wildman–Crippen LogP) is 2.96. The largest absolute Gasteiger partial charge is 0.489 e. The Bertz CT molecular complexity index is 239. The maximum atomic E-state index is 5.52. The van der Waals surface area contributed by atoms with Gasteiger partial charge in [0, 0.05) is 5.69 Å². The van der Waals surface area contributed by atoms with Crippen molar-refractivity contribution in [1.82, 2.24) is 4.98 Å². The summed E-state index contributed by atoms with van der Waals surface area (Å²) in [5, 5.41) is 0. The Morgan fingerprint density at radius 2 is 2.00 bits per heavy atom. The van der Waals surface area contributed by atoms with Crippen molar-refractivity contribution in [3.8, 4) is 5.75 Å². The lowest BCUT2D eigenvalue weighted by atomic mass is 10.4. The van der Waals surface area contributed by atoms with E-state index >= 15 is 0 Å². The summed E-state index contributed by atoms with van der Waals surface area (Å²) >= 11 is 0. The molecule has 0 spiro atoms. The summed E-state index contributed by atoms with van der Waals surface area (Å²) in [5.41, 5.74) is 1.04. The molecular formula is C11H17NO. The molecule has 1 aromatic heterocycles. The van der Waals surface area contributed by atoms with Crippen molar-refractivity contribution in [2.45, 2.75) is 39.7 Å². The first-order chi connectivity index (χ1) is 6.34. The van der Waals surface area contributed by atoms with Crippen molar-refractivity contribution >= 4 is 0 Å². The van der Waals surface area contributed by atoms with Gasteiger partial charge in [-0.3, -0.25) is 4.98 Å². The van der Waals surface area contributed by atoms with Gasteiger partial charge in [-0.1, -0.05) is 13.8 Å². The van der Waals surface area contributed by atoms with E-state index in [9.17, 15) is 0 Å². The zero-order valence-electron chi connectivity index (χ0n) is 8.58. The van der Waals surface area contributed by atoms with Crippen LogP contribution in [0.3, 0.4) is 0 Å². The maximum Gasteiger partial charge on any atom is 0.138 e. The molecule has 2 nitrogen and oxygen atoms in total. The molecule has 2 heteroatoms. The van der Waals surface area contributed by atoms with Gasteiger partial charge in [0.05, 0.1) is 12.3 Å². The molecule has 0 atom stereocenters. The number of pyridine rings is 1. The summed E-state index contributed by atoms with van der Waals surface area (Å²) in [5.74, 6) is 0.901. The van der Waals surface area contributed by atoms with Crippen molar-refractivity contribution in [1.29, 1.82) is 0 Å². The van der Waals surface area contributed by atoms with E-state index in [1.54, 1.807) is 6.20 Å². The van der Waals surface area contributed by atoms with E-state index in [1.165, 1.54) is 12.8 Å². The molecule has 72 valence electrons. The molecule has 0 bridgehead atoms. The van der Waals surface area contributed by atoms with Gasteiger partial charge in [0.2, 0.25) is 0 Å². The van der Waals surface area contributed by atoms with E-state index in [2.05, 4.69) is 4.98 Å². The fourth-order valence-electron chi connectivity index (χ4n) is 0.902. The molecule has 13 heavy (non-hydrogen) atoms. The summed E-state index contributed by atoms with van der Waals surface area (Å²) in [4.78, 5) is 4.13. The Morgan fingerprint density at radius 1 is 1.31 bits per heavy atom. The minimum Gasteiger partial charge on any atom is -0.489 e. The third kappa shape index (κ3) is 3.45. The topological polar surface area (TPSA) is 22.1 Å². The molecule has 2 rings (SSSR count). The SMILES string of the molecule is CC.Cc1ccc(OC2CC2)cn1. The summed E-state index contributed by atoms with van der Waals surface area (Å²) in [7, 11) is 0. The molecule has 0 N–H and O–H groups in total. The Balaban J connectivity index is 0.000000396. The minimum atomic E-state index is 0.472. The van der Waals surface area contributed by atoms with Crippen LogP contribution in [0.2, 0.25) is 0 Å². The molecule has 1 aliphatic rings. The second kappa shape index (κ2) is 4.85. The van der Waals surface area contributed by atoms with E-state index in [-0.39, 0.29) is 0 Å². The molecule has 1 fully saturated rings.